The van der Waals surface area contributed by atoms with E-state index in [9.17, 15) is 4.79 Å². The number of methoxy groups -OCH3 is 1. The van der Waals surface area contributed by atoms with Crippen LogP contribution in [-0.4, -0.2) is 31.7 Å². The number of amides is 2. The maximum Gasteiger partial charge on any atom is 0.319 e. The van der Waals surface area contributed by atoms with Crippen LogP contribution in [0.2, 0.25) is 0 Å². The van der Waals surface area contributed by atoms with Crippen molar-refractivity contribution in [1.82, 2.24) is 16.0 Å². The van der Waals surface area contributed by atoms with Crippen LogP contribution < -0.4 is 26.0 Å². The minimum atomic E-state index is -0.204. The lowest BCUT2D eigenvalue weighted by atomic mass is 10.2. The third-order valence-corrected chi connectivity index (χ3v) is 3.99. The minimum Gasteiger partial charge on any atom is -0.497 e. The lowest BCUT2D eigenvalue weighted by Crippen LogP contribution is -2.36. The predicted molar refractivity (Wildman–Crippen MR) is 134 cm³/mol. The van der Waals surface area contributed by atoms with Crippen LogP contribution in [0.1, 0.15) is 31.9 Å². The Bertz CT molecular complexity index is 809. The molecule has 2 aromatic rings. The number of anilines is 1. The fourth-order valence-electron chi connectivity index (χ4n) is 2.60. The van der Waals surface area contributed by atoms with Gasteiger partial charge in [-0.25, -0.2) is 9.79 Å². The summed E-state index contributed by atoms with van der Waals surface area (Å²) in [6.07, 6.45) is 0. The van der Waals surface area contributed by atoms with E-state index in [1.165, 1.54) is 0 Å². The molecule has 0 unspecified atom stereocenters. The third kappa shape index (κ3) is 9.34. The summed E-state index contributed by atoms with van der Waals surface area (Å²) in [6, 6.07) is 15.5. The molecule has 4 N–H and O–H groups in total. The van der Waals surface area contributed by atoms with Gasteiger partial charge < -0.3 is 26.0 Å². The highest BCUT2D eigenvalue weighted by Crippen LogP contribution is 2.13. The lowest BCUT2D eigenvalue weighted by molar-refractivity contribution is 0.250. The van der Waals surface area contributed by atoms with E-state index in [1.54, 1.807) is 7.11 Å². The molecular formula is C22H32IN5O2. The molecule has 2 amide bonds. The van der Waals surface area contributed by atoms with E-state index in [2.05, 4.69) is 26.3 Å². The van der Waals surface area contributed by atoms with Crippen molar-refractivity contribution in [3.63, 3.8) is 0 Å². The summed E-state index contributed by atoms with van der Waals surface area (Å²) in [7, 11) is 1.66. The molecular weight excluding hydrogens is 493 g/mol. The van der Waals surface area contributed by atoms with Crippen LogP contribution in [0.25, 0.3) is 0 Å². The number of carbonyl (C=O) groups is 1. The Morgan fingerprint density at radius 3 is 2.43 bits per heavy atom. The molecule has 164 valence electrons. The molecule has 0 fully saturated rings. The lowest BCUT2D eigenvalue weighted by Gasteiger charge is -2.13. The summed E-state index contributed by atoms with van der Waals surface area (Å²) in [5.74, 6) is 1.57. The number of nitrogens with one attached hydrogen (secondary N) is 4. The Kier molecular flexibility index (Phi) is 11.7. The number of hydrogen-bond acceptors (Lipinski definition) is 3. The SMILES string of the molecule is CCNC(=NCc1cccc(OC)c1)NCc1ccc(NC(=O)NC(C)C)cc1.I. The van der Waals surface area contributed by atoms with Gasteiger partial charge >= 0.3 is 6.03 Å². The first-order chi connectivity index (χ1) is 14.0. The summed E-state index contributed by atoms with van der Waals surface area (Å²) in [5, 5.41) is 12.2. The number of nitrogens with zero attached hydrogens (tertiary/aromatic N) is 1. The van der Waals surface area contributed by atoms with Gasteiger partial charge in [-0.05, 0) is 56.2 Å². The molecule has 30 heavy (non-hydrogen) atoms. The molecule has 2 rings (SSSR count). The zero-order chi connectivity index (χ0) is 21.1. The van der Waals surface area contributed by atoms with E-state index in [4.69, 9.17) is 4.74 Å². The minimum absolute atomic E-state index is 0. The second-order valence-electron chi connectivity index (χ2n) is 6.85. The van der Waals surface area contributed by atoms with E-state index in [0.29, 0.717) is 13.1 Å². The first-order valence-electron chi connectivity index (χ1n) is 9.81. The van der Waals surface area contributed by atoms with Crippen molar-refractivity contribution in [3.05, 3.63) is 59.7 Å². The third-order valence-electron chi connectivity index (χ3n) is 3.99. The maximum atomic E-state index is 11.8. The van der Waals surface area contributed by atoms with E-state index in [-0.39, 0.29) is 36.0 Å². The molecule has 0 radical (unpaired) electrons. The Hall–Kier alpha value is -2.49. The highest BCUT2D eigenvalue weighted by Gasteiger charge is 2.04. The van der Waals surface area contributed by atoms with Gasteiger partial charge in [0.25, 0.3) is 0 Å². The van der Waals surface area contributed by atoms with E-state index >= 15 is 0 Å². The smallest absolute Gasteiger partial charge is 0.319 e. The zero-order valence-electron chi connectivity index (χ0n) is 18.0. The molecule has 0 aliphatic rings. The van der Waals surface area contributed by atoms with Gasteiger partial charge in [-0.15, -0.1) is 24.0 Å². The number of guanidine groups is 1. The number of carbonyl (C=O) groups excluding carboxylic acids is 1. The van der Waals surface area contributed by atoms with Gasteiger partial charge in [0.15, 0.2) is 5.96 Å². The predicted octanol–water partition coefficient (Wildman–Crippen LogP) is 4.10. The molecule has 0 bridgehead atoms. The number of urea groups is 1. The Morgan fingerprint density at radius 1 is 1.07 bits per heavy atom. The van der Waals surface area contributed by atoms with Crippen molar-refractivity contribution in [3.8, 4) is 5.75 Å². The van der Waals surface area contributed by atoms with Gasteiger partial charge in [-0.1, -0.05) is 24.3 Å². The van der Waals surface area contributed by atoms with E-state index in [1.807, 2.05) is 69.3 Å². The van der Waals surface area contributed by atoms with Crippen LogP contribution in [0.3, 0.4) is 0 Å². The topological polar surface area (TPSA) is 86.8 Å². The van der Waals surface area contributed by atoms with Crippen molar-refractivity contribution >= 4 is 41.7 Å². The quantitative estimate of drug-likeness (QED) is 0.238. The number of aliphatic imine (C=N–C) groups is 1. The van der Waals surface area contributed by atoms with Crippen LogP contribution in [0.15, 0.2) is 53.5 Å². The van der Waals surface area contributed by atoms with Gasteiger partial charge in [0, 0.05) is 24.8 Å². The molecule has 7 nitrogen and oxygen atoms in total. The molecule has 8 heteroatoms. The summed E-state index contributed by atoms with van der Waals surface area (Å²) in [6.45, 7) is 7.84. The van der Waals surface area contributed by atoms with Crippen molar-refractivity contribution in [2.75, 3.05) is 19.0 Å². The van der Waals surface area contributed by atoms with Crippen molar-refractivity contribution in [2.24, 2.45) is 4.99 Å². The average molecular weight is 525 g/mol. The number of ether oxygens (including phenoxy) is 1. The van der Waals surface area contributed by atoms with Gasteiger partial charge in [0.05, 0.1) is 13.7 Å². The van der Waals surface area contributed by atoms with Gasteiger partial charge in [0.2, 0.25) is 0 Å². The Morgan fingerprint density at radius 2 is 1.80 bits per heavy atom. The molecule has 0 aliphatic heterocycles. The number of benzene rings is 2. The molecule has 0 aromatic heterocycles. The van der Waals surface area contributed by atoms with Gasteiger partial charge in [-0.3, -0.25) is 0 Å². The second-order valence-corrected chi connectivity index (χ2v) is 6.85. The molecule has 0 spiro atoms. The fourth-order valence-corrected chi connectivity index (χ4v) is 2.60. The van der Waals surface area contributed by atoms with Gasteiger partial charge in [0.1, 0.15) is 5.75 Å². The monoisotopic (exact) mass is 525 g/mol. The largest absolute Gasteiger partial charge is 0.497 e. The van der Waals surface area contributed by atoms with Crippen LogP contribution in [0, 0.1) is 0 Å². The van der Waals surface area contributed by atoms with Crippen molar-refractivity contribution < 1.29 is 9.53 Å². The zero-order valence-corrected chi connectivity index (χ0v) is 20.3. The van der Waals surface area contributed by atoms with E-state index < -0.39 is 0 Å². The standard InChI is InChI=1S/C22H31N5O2.HI/c1-5-23-21(25-15-18-7-6-8-20(13-18)29-4)24-14-17-9-11-19(12-10-17)27-22(28)26-16(2)3;/h6-13,16H,5,14-15H2,1-4H3,(H2,23,24,25)(H2,26,27,28);1H. The summed E-state index contributed by atoms with van der Waals surface area (Å²) in [4.78, 5) is 16.4. The first-order valence-corrected chi connectivity index (χ1v) is 9.81. The molecule has 0 saturated carbocycles. The molecule has 0 atom stereocenters. The molecule has 0 saturated heterocycles. The number of hydrogen-bond donors (Lipinski definition) is 4. The first kappa shape index (κ1) is 25.5. The molecule has 0 aliphatic carbocycles. The van der Waals surface area contributed by atoms with Crippen LogP contribution >= 0.6 is 24.0 Å². The fraction of sp³-hybridized carbons (Fsp3) is 0.364. The van der Waals surface area contributed by atoms with Gasteiger partial charge in [-0.2, -0.15) is 0 Å². The van der Waals surface area contributed by atoms with Crippen LogP contribution in [0.4, 0.5) is 10.5 Å². The average Bonchev–Trinajstić information content (AvgIpc) is 2.70. The maximum absolute atomic E-state index is 11.8. The second kappa shape index (κ2) is 13.7. The Labute approximate surface area is 196 Å². The molecule has 0 heterocycles. The highest BCUT2D eigenvalue weighted by atomic mass is 127. The Balaban J connectivity index is 0.00000450. The van der Waals surface area contributed by atoms with Crippen molar-refractivity contribution in [2.45, 2.75) is 39.9 Å². The highest BCUT2D eigenvalue weighted by molar-refractivity contribution is 14.0. The summed E-state index contributed by atoms with van der Waals surface area (Å²) in [5.41, 5.74) is 2.92. The number of halogens is 1. The number of rotatable bonds is 8. The normalized spacial score (nSPS) is 10.8. The summed E-state index contributed by atoms with van der Waals surface area (Å²) < 4.78 is 5.26. The van der Waals surface area contributed by atoms with Crippen LogP contribution in [-0.2, 0) is 13.1 Å². The van der Waals surface area contributed by atoms with Crippen LogP contribution in [0.5, 0.6) is 5.75 Å². The van der Waals surface area contributed by atoms with E-state index in [0.717, 1.165) is 35.1 Å². The summed E-state index contributed by atoms with van der Waals surface area (Å²) >= 11 is 0. The van der Waals surface area contributed by atoms with Crippen molar-refractivity contribution in [1.29, 1.82) is 0 Å². The molecule has 2 aromatic carbocycles.